The van der Waals surface area contributed by atoms with E-state index in [0.29, 0.717) is 23.8 Å². The number of nitrogens with zero attached hydrogens (tertiary/aromatic N) is 2. The van der Waals surface area contributed by atoms with Gasteiger partial charge >= 0.3 is 6.03 Å². The van der Waals surface area contributed by atoms with Crippen molar-refractivity contribution < 1.29 is 9.18 Å². The second-order valence-electron chi connectivity index (χ2n) is 8.35. The fourth-order valence-corrected chi connectivity index (χ4v) is 4.32. The monoisotopic (exact) mass is 442 g/mol. The number of fused-ring (bicyclic) bond motifs is 1. The standard InChI is InChI=1S/C27H27FN4O/c28-24-11-9-20(10-12-24)16-26-17-22-6-1-2-7-23(22)19-32(26)14-4-13-30-27(33)31-25-8-3-5-21(15-25)18-29/h1-3,5-12,15,26H,4,13-14,16-17,19H2,(H2,30,31,33). The van der Waals surface area contributed by atoms with Crippen molar-refractivity contribution in [1.29, 1.82) is 5.26 Å². The Labute approximate surface area is 193 Å². The van der Waals surface area contributed by atoms with Crippen LogP contribution in [-0.4, -0.2) is 30.1 Å². The third-order valence-corrected chi connectivity index (χ3v) is 6.01. The van der Waals surface area contributed by atoms with E-state index in [2.05, 4.69) is 45.9 Å². The summed E-state index contributed by atoms with van der Waals surface area (Å²) >= 11 is 0. The molecular weight excluding hydrogens is 415 g/mol. The number of hydrogen-bond acceptors (Lipinski definition) is 3. The zero-order valence-corrected chi connectivity index (χ0v) is 18.4. The van der Waals surface area contributed by atoms with E-state index in [9.17, 15) is 9.18 Å². The van der Waals surface area contributed by atoms with Crippen molar-refractivity contribution in [3.63, 3.8) is 0 Å². The predicted octanol–water partition coefficient (Wildman–Crippen LogP) is 4.88. The molecule has 0 radical (unpaired) electrons. The molecule has 1 heterocycles. The second-order valence-corrected chi connectivity index (χ2v) is 8.35. The van der Waals surface area contributed by atoms with Crippen LogP contribution < -0.4 is 10.6 Å². The molecule has 0 bridgehead atoms. The van der Waals surface area contributed by atoms with Crippen LogP contribution in [0.1, 0.15) is 28.7 Å². The molecule has 2 N–H and O–H groups in total. The van der Waals surface area contributed by atoms with Gasteiger partial charge in [0, 0.05) is 31.4 Å². The van der Waals surface area contributed by atoms with Crippen molar-refractivity contribution in [2.45, 2.75) is 31.8 Å². The number of urea groups is 1. The van der Waals surface area contributed by atoms with E-state index in [0.717, 1.165) is 37.9 Å². The van der Waals surface area contributed by atoms with Crippen molar-refractivity contribution in [2.24, 2.45) is 0 Å². The van der Waals surface area contributed by atoms with E-state index >= 15 is 0 Å². The first-order valence-corrected chi connectivity index (χ1v) is 11.2. The van der Waals surface area contributed by atoms with E-state index in [-0.39, 0.29) is 11.8 Å². The van der Waals surface area contributed by atoms with E-state index in [1.165, 1.54) is 23.3 Å². The fourth-order valence-electron chi connectivity index (χ4n) is 4.32. The highest BCUT2D eigenvalue weighted by molar-refractivity contribution is 5.89. The number of nitrogens with one attached hydrogen (secondary N) is 2. The first-order chi connectivity index (χ1) is 16.1. The van der Waals surface area contributed by atoms with Gasteiger partial charge in [-0.2, -0.15) is 5.26 Å². The van der Waals surface area contributed by atoms with Gasteiger partial charge in [-0.1, -0.05) is 42.5 Å². The number of carbonyl (C=O) groups is 1. The molecule has 1 unspecified atom stereocenters. The maximum atomic E-state index is 13.3. The third kappa shape index (κ3) is 6.18. The van der Waals surface area contributed by atoms with Crippen LogP contribution in [0.4, 0.5) is 14.9 Å². The summed E-state index contributed by atoms with van der Waals surface area (Å²) in [6, 6.07) is 24.2. The number of carbonyl (C=O) groups excluding carboxylic acids is 1. The lowest BCUT2D eigenvalue weighted by atomic mass is 9.90. The van der Waals surface area contributed by atoms with Gasteiger partial charge in [0.2, 0.25) is 0 Å². The van der Waals surface area contributed by atoms with Crippen LogP contribution in [0, 0.1) is 17.1 Å². The van der Waals surface area contributed by atoms with Crippen molar-refractivity contribution >= 4 is 11.7 Å². The van der Waals surface area contributed by atoms with Crippen molar-refractivity contribution in [3.8, 4) is 6.07 Å². The SMILES string of the molecule is N#Cc1cccc(NC(=O)NCCCN2Cc3ccccc3CC2Cc2ccc(F)cc2)c1. The topological polar surface area (TPSA) is 68.2 Å². The first-order valence-electron chi connectivity index (χ1n) is 11.2. The van der Waals surface area contributed by atoms with Gasteiger partial charge < -0.3 is 10.6 Å². The third-order valence-electron chi connectivity index (χ3n) is 6.01. The lowest BCUT2D eigenvalue weighted by Crippen LogP contribution is -2.43. The molecule has 1 aliphatic rings. The molecule has 6 heteroatoms. The molecule has 4 rings (SSSR count). The average molecular weight is 443 g/mol. The molecular formula is C27H27FN4O. The zero-order valence-electron chi connectivity index (χ0n) is 18.4. The first kappa shape index (κ1) is 22.5. The van der Waals surface area contributed by atoms with E-state index in [1.54, 1.807) is 24.3 Å². The highest BCUT2D eigenvalue weighted by atomic mass is 19.1. The Hall–Kier alpha value is -3.69. The van der Waals surface area contributed by atoms with E-state index in [4.69, 9.17) is 5.26 Å². The van der Waals surface area contributed by atoms with Gasteiger partial charge in [0.1, 0.15) is 5.82 Å². The molecule has 0 saturated carbocycles. The summed E-state index contributed by atoms with van der Waals surface area (Å²) in [6.07, 6.45) is 2.63. The maximum Gasteiger partial charge on any atom is 0.319 e. The average Bonchev–Trinajstić information content (AvgIpc) is 2.83. The molecule has 0 aromatic heterocycles. The number of benzene rings is 3. The molecule has 0 spiro atoms. The lowest BCUT2D eigenvalue weighted by molar-refractivity contribution is 0.168. The lowest BCUT2D eigenvalue weighted by Gasteiger charge is -2.37. The van der Waals surface area contributed by atoms with Crippen LogP contribution in [0.3, 0.4) is 0 Å². The maximum absolute atomic E-state index is 13.3. The van der Waals surface area contributed by atoms with Gasteiger partial charge in [-0.25, -0.2) is 9.18 Å². The molecule has 33 heavy (non-hydrogen) atoms. The highest BCUT2D eigenvalue weighted by Crippen LogP contribution is 2.25. The fraction of sp³-hybridized carbons (Fsp3) is 0.259. The van der Waals surface area contributed by atoms with Crippen molar-refractivity contribution in [3.05, 3.63) is 101 Å². The zero-order chi connectivity index (χ0) is 23.0. The number of hydrogen-bond donors (Lipinski definition) is 2. The highest BCUT2D eigenvalue weighted by Gasteiger charge is 2.25. The van der Waals surface area contributed by atoms with Crippen LogP contribution >= 0.6 is 0 Å². The second kappa shape index (κ2) is 10.8. The molecule has 168 valence electrons. The van der Waals surface area contributed by atoms with Crippen LogP contribution in [0.25, 0.3) is 0 Å². The molecule has 0 saturated heterocycles. The molecule has 1 aliphatic heterocycles. The normalized spacial score (nSPS) is 15.3. The van der Waals surface area contributed by atoms with Crippen molar-refractivity contribution in [1.82, 2.24) is 10.2 Å². The molecule has 2 amide bonds. The number of amides is 2. The van der Waals surface area contributed by atoms with E-state index in [1.807, 2.05) is 12.1 Å². The number of halogens is 1. The van der Waals surface area contributed by atoms with Gasteiger partial charge in [-0.15, -0.1) is 0 Å². The van der Waals surface area contributed by atoms with Gasteiger partial charge in [-0.05, 0) is 66.3 Å². The summed E-state index contributed by atoms with van der Waals surface area (Å²) in [6.45, 7) is 2.27. The van der Waals surface area contributed by atoms with Crippen LogP contribution in [0.15, 0.2) is 72.8 Å². The summed E-state index contributed by atoms with van der Waals surface area (Å²) < 4.78 is 13.3. The number of nitriles is 1. The summed E-state index contributed by atoms with van der Waals surface area (Å²) in [7, 11) is 0. The summed E-state index contributed by atoms with van der Waals surface area (Å²) in [5.41, 5.74) is 4.95. The summed E-state index contributed by atoms with van der Waals surface area (Å²) in [5, 5.41) is 14.6. The van der Waals surface area contributed by atoms with Crippen LogP contribution in [-0.2, 0) is 19.4 Å². The Morgan fingerprint density at radius 1 is 1.06 bits per heavy atom. The molecule has 0 aliphatic carbocycles. The molecule has 0 fully saturated rings. The van der Waals surface area contributed by atoms with Crippen molar-refractivity contribution in [2.75, 3.05) is 18.4 Å². The molecule has 1 atom stereocenters. The summed E-state index contributed by atoms with van der Waals surface area (Å²) in [4.78, 5) is 14.7. The molecule has 3 aromatic rings. The van der Waals surface area contributed by atoms with Crippen LogP contribution in [0.5, 0.6) is 0 Å². The minimum absolute atomic E-state index is 0.215. The van der Waals surface area contributed by atoms with Gasteiger partial charge in [0.05, 0.1) is 11.6 Å². The van der Waals surface area contributed by atoms with Gasteiger partial charge in [0.15, 0.2) is 0 Å². The number of rotatable bonds is 7. The Kier molecular flexibility index (Phi) is 7.33. The number of anilines is 1. The smallest absolute Gasteiger partial charge is 0.319 e. The Morgan fingerprint density at radius 3 is 2.64 bits per heavy atom. The van der Waals surface area contributed by atoms with Crippen LogP contribution in [0.2, 0.25) is 0 Å². The molecule has 3 aromatic carbocycles. The summed E-state index contributed by atoms with van der Waals surface area (Å²) in [5.74, 6) is -0.215. The predicted molar refractivity (Wildman–Crippen MR) is 127 cm³/mol. The molecule has 5 nitrogen and oxygen atoms in total. The van der Waals surface area contributed by atoms with E-state index < -0.39 is 0 Å². The minimum Gasteiger partial charge on any atom is -0.338 e. The Morgan fingerprint density at radius 2 is 1.85 bits per heavy atom. The van der Waals surface area contributed by atoms with Gasteiger partial charge in [-0.3, -0.25) is 4.90 Å². The Bertz CT molecular complexity index is 1140. The quantitative estimate of drug-likeness (QED) is 0.513. The van der Waals surface area contributed by atoms with Gasteiger partial charge in [0.25, 0.3) is 0 Å². The Balaban J connectivity index is 1.32. The largest absolute Gasteiger partial charge is 0.338 e. The minimum atomic E-state index is -0.281.